The number of hydrogen-bond acceptors (Lipinski definition) is 3. The average Bonchev–Trinajstić information content (AvgIpc) is 2.75. The third-order valence-corrected chi connectivity index (χ3v) is 4.70. The van der Waals surface area contributed by atoms with Gasteiger partial charge in [-0.3, -0.25) is 14.6 Å². The number of halogens is 4. The molecular weight excluding hydrogens is 414 g/mol. The Bertz CT molecular complexity index is 1100. The Hall–Kier alpha value is -3.49. The lowest BCUT2D eigenvalue weighted by Crippen LogP contribution is -2.41. The van der Waals surface area contributed by atoms with E-state index in [1.54, 1.807) is 13.0 Å². The molecule has 1 aromatic heterocycles. The Kier molecular flexibility index (Phi) is 6.53. The van der Waals surface area contributed by atoms with Crippen LogP contribution in [0.1, 0.15) is 28.4 Å². The molecule has 1 heterocycles. The minimum absolute atomic E-state index is 0.0208. The van der Waals surface area contributed by atoms with Gasteiger partial charge in [0.05, 0.1) is 23.2 Å². The number of carbonyl (C=O) groups excluding carboxylic acids is 2. The molecule has 162 valence electrons. The first-order chi connectivity index (χ1) is 14.7. The molecule has 0 unspecified atom stereocenters. The third-order valence-electron chi connectivity index (χ3n) is 4.70. The van der Waals surface area contributed by atoms with Gasteiger partial charge in [0, 0.05) is 24.7 Å². The summed E-state index contributed by atoms with van der Waals surface area (Å²) in [7, 11) is 0. The molecule has 5 nitrogen and oxygen atoms in total. The van der Waals surface area contributed by atoms with Gasteiger partial charge in [0.15, 0.2) is 0 Å². The van der Waals surface area contributed by atoms with Gasteiger partial charge in [0.1, 0.15) is 5.82 Å². The van der Waals surface area contributed by atoms with E-state index in [0.717, 1.165) is 11.1 Å². The molecule has 0 saturated heterocycles. The monoisotopic (exact) mass is 433 g/mol. The molecule has 0 aliphatic rings. The fraction of sp³-hybridized carbons (Fsp3) is 0.227. The Morgan fingerprint density at radius 3 is 2.39 bits per heavy atom. The third kappa shape index (κ3) is 5.17. The van der Waals surface area contributed by atoms with Gasteiger partial charge in [-0.25, -0.2) is 4.39 Å². The second-order valence-electron chi connectivity index (χ2n) is 6.78. The van der Waals surface area contributed by atoms with Gasteiger partial charge < -0.3 is 10.2 Å². The van der Waals surface area contributed by atoms with E-state index in [2.05, 4.69) is 10.3 Å². The summed E-state index contributed by atoms with van der Waals surface area (Å²) in [6.45, 7) is 1.25. The van der Waals surface area contributed by atoms with Crippen molar-refractivity contribution in [3.63, 3.8) is 0 Å². The number of para-hydroxylation sites is 1. The van der Waals surface area contributed by atoms with Crippen LogP contribution in [0.2, 0.25) is 0 Å². The van der Waals surface area contributed by atoms with Crippen LogP contribution in [0.3, 0.4) is 0 Å². The van der Waals surface area contributed by atoms with Crippen LogP contribution in [0.15, 0.2) is 54.7 Å². The molecule has 2 amide bonds. The molecule has 0 fully saturated rings. The van der Waals surface area contributed by atoms with Crippen molar-refractivity contribution >= 4 is 22.7 Å². The summed E-state index contributed by atoms with van der Waals surface area (Å²) < 4.78 is 54.4. The van der Waals surface area contributed by atoms with Crippen LogP contribution in [0, 0.1) is 5.82 Å². The zero-order chi connectivity index (χ0) is 22.6. The molecule has 3 rings (SSSR count). The van der Waals surface area contributed by atoms with Crippen molar-refractivity contribution in [1.29, 1.82) is 0 Å². The topological polar surface area (TPSA) is 62.3 Å². The second-order valence-corrected chi connectivity index (χ2v) is 6.78. The van der Waals surface area contributed by atoms with E-state index < -0.39 is 41.5 Å². The quantitative estimate of drug-likeness (QED) is 0.594. The number of rotatable bonds is 6. The number of pyridine rings is 1. The van der Waals surface area contributed by atoms with Crippen LogP contribution in [0.5, 0.6) is 0 Å². The Morgan fingerprint density at radius 1 is 1.06 bits per heavy atom. The lowest BCUT2D eigenvalue weighted by Gasteiger charge is -2.23. The first kappa shape index (κ1) is 22.2. The van der Waals surface area contributed by atoms with Crippen LogP contribution in [0.25, 0.3) is 10.9 Å². The Labute approximate surface area is 175 Å². The first-order valence-electron chi connectivity index (χ1n) is 9.46. The van der Waals surface area contributed by atoms with Crippen LogP contribution in [0.4, 0.5) is 17.6 Å². The zero-order valence-corrected chi connectivity index (χ0v) is 16.5. The maximum Gasteiger partial charge on any atom is 0.417 e. The smallest absolute Gasteiger partial charge is 0.350 e. The van der Waals surface area contributed by atoms with Crippen molar-refractivity contribution < 1.29 is 27.2 Å². The second kappa shape index (κ2) is 9.11. The molecule has 0 aliphatic carbocycles. The molecule has 0 aliphatic heterocycles. The molecule has 0 spiro atoms. The number of benzene rings is 2. The number of nitrogens with zero attached hydrogens (tertiary/aromatic N) is 2. The molecule has 0 bridgehead atoms. The number of alkyl halides is 3. The maximum atomic E-state index is 13.8. The van der Waals surface area contributed by atoms with E-state index in [4.69, 9.17) is 0 Å². The average molecular weight is 433 g/mol. The first-order valence-corrected chi connectivity index (χ1v) is 9.46. The van der Waals surface area contributed by atoms with Crippen molar-refractivity contribution in [3.05, 3.63) is 77.2 Å². The van der Waals surface area contributed by atoms with E-state index in [1.165, 1.54) is 42.5 Å². The molecule has 0 saturated carbocycles. The largest absolute Gasteiger partial charge is 0.417 e. The van der Waals surface area contributed by atoms with Gasteiger partial charge >= 0.3 is 6.18 Å². The summed E-state index contributed by atoms with van der Waals surface area (Å²) in [6.07, 6.45) is -3.88. The molecule has 0 atom stereocenters. The number of amides is 2. The van der Waals surface area contributed by atoms with Gasteiger partial charge in [0.2, 0.25) is 5.91 Å². The molecule has 0 radical (unpaired) electrons. The number of likely N-dealkylation sites (N-methyl/N-ethyl adjacent to an activating group) is 1. The van der Waals surface area contributed by atoms with Crippen LogP contribution >= 0.6 is 0 Å². The summed E-state index contributed by atoms with van der Waals surface area (Å²) in [5, 5.41) is 2.39. The lowest BCUT2D eigenvalue weighted by atomic mass is 10.0. The van der Waals surface area contributed by atoms with E-state index in [9.17, 15) is 27.2 Å². The summed E-state index contributed by atoms with van der Waals surface area (Å²) in [5.74, 6) is -1.91. The minimum atomic E-state index is -4.78. The highest BCUT2D eigenvalue weighted by molar-refractivity contribution is 6.01. The summed E-state index contributed by atoms with van der Waals surface area (Å²) in [4.78, 5) is 30.2. The van der Waals surface area contributed by atoms with E-state index in [-0.39, 0.29) is 24.0 Å². The van der Waals surface area contributed by atoms with Crippen molar-refractivity contribution in [2.45, 2.75) is 19.6 Å². The number of nitrogens with one attached hydrogen (secondary N) is 1. The maximum absolute atomic E-state index is 13.8. The predicted octanol–water partition coefficient (Wildman–Crippen LogP) is 4.17. The minimum Gasteiger partial charge on any atom is -0.350 e. The van der Waals surface area contributed by atoms with E-state index in [1.807, 2.05) is 0 Å². The number of aromatic nitrogens is 1. The molecule has 31 heavy (non-hydrogen) atoms. The highest BCUT2D eigenvalue weighted by Crippen LogP contribution is 2.37. The summed E-state index contributed by atoms with van der Waals surface area (Å²) in [6, 6.07) is 11.2. The van der Waals surface area contributed by atoms with Gasteiger partial charge in [-0.05, 0) is 30.7 Å². The van der Waals surface area contributed by atoms with Crippen LogP contribution in [-0.4, -0.2) is 34.8 Å². The Morgan fingerprint density at radius 2 is 1.74 bits per heavy atom. The molecule has 2 aromatic carbocycles. The normalized spacial score (nSPS) is 11.4. The number of hydrogen-bond donors (Lipinski definition) is 1. The van der Waals surface area contributed by atoms with Crippen molar-refractivity contribution in [1.82, 2.24) is 15.2 Å². The summed E-state index contributed by atoms with van der Waals surface area (Å²) in [5.41, 5.74) is -0.929. The molecule has 3 aromatic rings. The van der Waals surface area contributed by atoms with Crippen molar-refractivity contribution in [2.24, 2.45) is 0 Å². The summed E-state index contributed by atoms with van der Waals surface area (Å²) >= 11 is 0. The van der Waals surface area contributed by atoms with E-state index in [0.29, 0.717) is 5.56 Å². The Balaban J connectivity index is 1.80. The molecule has 1 N–H and O–H groups in total. The van der Waals surface area contributed by atoms with Crippen LogP contribution < -0.4 is 5.32 Å². The van der Waals surface area contributed by atoms with Gasteiger partial charge in [0.25, 0.3) is 5.91 Å². The van der Waals surface area contributed by atoms with Crippen molar-refractivity contribution in [2.75, 3.05) is 13.1 Å². The fourth-order valence-electron chi connectivity index (χ4n) is 3.14. The van der Waals surface area contributed by atoms with Crippen LogP contribution in [-0.2, 0) is 17.5 Å². The lowest BCUT2D eigenvalue weighted by molar-refractivity contribution is -0.136. The SMILES string of the molecule is CCN(CC(=O)NCc1ccc(F)cc1)C(=O)c1cnc2ccccc2c1C(F)(F)F. The highest BCUT2D eigenvalue weighted by Gasteiger charge is 2.38. The molecular formula is C22H19F4N3O2. The zero-order valence-electron chi connectivity index (χ0n) is 16.5. The van der Waals surface area contributed by atoms with E-state index >= 15 is 0 Å². The van der Waals surface area contributed by atoms with Crippen molar-refractivity contribution in [3.8, 4) is 0 Å². The number of fused-ring (bicyclic) bond motifs is 1. The number of carbonyl (C=O) groups is 2. The fourth-order valence-corrected chi connectivity index (χ4v) is 3.14. The predicted molar refractivity (Wildman–Crippen MR) is 107 cm³/mol. The van der Waals surface area contributed by atoms with Gasteiger partial charge in [-0.2, -0.15) is 13.2 Å². The van der Waals surface area contributed by atoms with Gasteiger partial charge in [-0.1, -0.05) is 30.3 Å². The highest BCUT2D eigenvalue weighted by atomic mass is 19.4. The standard InChI is InChI=1S/C22H19F4N3O2/c1-2-29(13-19(30)28-11-14-7-9-15(23)10-8-14)21(31)17-12-27-18-6-4-3-5-16(18)20(17)22(24,25)26/h3-10,12H,2,11,13H2,1H3,(H,28,30). The molecule has 9 heteroatoms. The van der Waals surface area contributed by atoms with Gasteiger partial charge in [-0.15, -0.1) is 0 Å².